The number of alkyl carbamates (subject to hydrolysis) is 1. The van der Waals surface area contributed by atoms with Gasteiger partial charge in [-0.3, -0.25) is 4.79 Å². The highest BCUT2D eigenvalue weighted by molar-refractivity contribution is 7.90. The lowest BCUT2D eigenvalue weighted by Crippen LogP contribution is -2.37. The van der Waals surface area contributed by atoms with E-state index >= 15 is 0 Å². The first-order chi connectivity index (χ1) is 22.2. The van der Waals surface area contributed by atoms with Gasteiger partial charge in [-0.25, -0.2) is 14.6 Å². The number of morpholine rings is 1. The summed E-state index contributed by atoms with van der Waals surface area (Å²) in [6, 6.07) is 11.9. The average Bonchev–Trinajstić information content (AvgIpc) is 3.03. The van der Waals surface area contributed by atoms with E-state index in [9.17, 15) is 19.5 Å². The number of esters is 1. The number of rotatable bonds is 8. The standard InChI is InChI=1S/C35H42N4O7S/c1-20(2)31(47)26-17-25(32(41)37-27-10-8-22(16-21(27)3)19-36-34(43)46-35(4,5)6)24(18-28(26)40)23-9-11-29(38-30(23)33(42)44-7)39-12-14-45-15-13-39/h8-11,16-18,40,47H,12-15,19H2,1-7H3,(H,36,43)(H,37,41). The number of allylic oxidation sites excluding steroid dienone is 1. The number of hydrogen-bond acceptors (Lipinski definition) is 10. The van der Waals surface area contributed by atoms with Gasteiger partial charge < -0.3 is 34.9 Å². The Morgan fingerprint density at radius 1 is 1.02 bits per heavy atom. The number of carbonyl (C=O) groups is 3. The van der Waals surface area contributed by atoms with Gasteiger partial charge in [0.25, 0.3) is 5.91 Å². The number of amides is 2. The normalized spacial score (nSPS) is 13.1. The molecule has 0 saturated carbocycles. The van der Waals surface area contributed by atoms with Crippen LogP contribution < -0.4 is 15.5 Å². The molecule has 2 heterocycles. The molecule has 11 nitrogen and oxygen atoms in total. The summed E-state index contributed by atoms with van der Waals surface area (Å²) in [7, 11) is 1.26. The summed E-state index contributed by atoms with van der Waals surface area (Å²) in [4.78, 5) is 46.4. The van der Waals surface area contributed by atoms with Crippen LogP contribution in [0.15, 0.2) is 48.0 Å². The number of hydrogen-bond donors (Lipinski definition) is 4. The molecule has 0 atom stereocenters. The van der Waals surface area contributed by atoms with E-state index in [0.29, 0.717) is 53.8 Å². The lowest BCUT2D eigenvalue weighted by atomic mass is 9.94. The van der Waals surface area contributed by atoms with Crippen LogP contribution in [-0.2, 0) is 20.8 Å². The van der Waals surface area contributed by atoms with Crippen LogP contribution in [0.1, 0.15) is 72.2 Å². The molecule has 1 aliphatic rings. The van der Waals surface area contributed by atoms with Crippen LogP contribution in [0.4, 0.5) is 16.3 Å². The van der Waals surface area contributed by atoms with Crippen molar-refractivity contribution >= 4 is 47.0 Å². The summed E-state index contributed by atoms with van der Waals surface area (Å²) in [5.41, 5.74) is 3.49. The number of benzene rings is 2. The van der Waals surface area contributed by atoms with Gasteiger partial charge in [0.05, 0.1) is 20.3 Å². The third-order valence-corrected chi connectivity index (χ3v) is 8.06. The van der Waals surface area contributed by atoms with E-state index < -0.39 is 23.6 Å². The number of aryl methyl sites for hydroxylation is 1. The quantitative estimate of drug-likeness (QED) is 0.161. The molecule has 2 amide bonds. The van der Waals surface area contributed by atoms with Gasteiger partial charge in [0.1, 0.15) is 17.2 Å². The summed E-state index contributed by atoms with van der Waals surface area (Å²) in [5.74, 6) is -0.709. The number of ether oxygens (including phenoxy) is 3. The number of nitrogens with zero attached hydrogens (tertiary/aromatic N) is 2. The molecule has 2 aromatic carbocycles. The molecule has 1 saturated heterocycles. The monoisotopic (exact) mass is 662 g/mol. The molecule has 12 heteroatoms. The second kappa shape index (κ2) is 14.9. The van der Waals surface area contributed by atoms with Crippen molar-refractivity contribution < 1.29 is 33.7 Å². The van der Waals surface area contributed by atoms with Crippen LogP contribution >= 0.6 is 12.6 Å². The fraction of sp³-hybridized carbons (Fsp3) is 0.371. The van der Waals surface area contributed by atoms with E-state index in [1.807, 2.05) is 31.7 Å². The summed E-state index contributed by atoms with van der Waals surface area (Å²) < 4.78 is 15.8. The van der Waals surface area contributed by atoms with Crippen LogP contribution in [-0.4, -0.2) is 67.1 Å². The van der Waals surface area contributed by atoms with Crippen molar-refractivity contribution in [1.29, 1.82) is 0 Å². The van der Waals surface area contributed by atoms with Gasteiger partial charge in [0, 0.05) is 52.5 Å². The second-order valence-corrected chi connectivity index (χ2v) is 12.8. The molecule has 0 unspecified atom stereocenters. The first kappa shape index (κ1) is 35.3. The average molecular weight is 663 g/mol. The van der Waals surface area contributed by atoms with E-state index in [1.54, 1.807) is 51.1 Å². The van der Waals surface area contributed by atoms with Crippen LogP contribution in [0.5, 0.6) is 5.75 Å². The summed E-state index contributed by atoms with van der Waals surface area (Å²) in [6.07, 6.45) is -0.526. The maximum atomic E-state index is 14.0. The Kier molecular flexibility index (Phi) is 11.2. The first-order valence-electron chi connectivity index (χ1n) is 15.2. The molecular weight excluding hydrogens is 620 g/mol. The number of phenols is 1. The smallest absolute Gasteiger partial charge is 0.407 e. The highest BCUT2D eigenvalue weighted by Gasteiger charge is 2.26. The highest BCUT2D eigenvalue weighted by Crippen LogP contribution is 2.38. The number of carbonyl (C=O) groups excluding carboxylic acids is 3. The van der Waals surface area contributed by atoms with Gasteiger partial charge >= 0.3 is 12.1 Å². The molecule has 3 aromatic rings. The van der Waals surface area contributed by atoms with Gasteiger partial charge in [-0.05, 0) is 83.0 Å². The minimum Gasteiger partial charge on any atom is -0.507 e. The Morgan fingerprint density at radius 3 is 2.34 bits per heavy atom. The van der Waals surface area contributed by atoms with Gasteiger partial charge in [-0.2, -0.15) is 0 Å². The summed E-state index contributed by atoms with van der Waals surface area (Å²) >= 11 is 4.59. The molecule has 47 heavy (non-hydrogen) atoms. The topological polar surface area (TPSA) is 139 Å². The van der Waals surface area contributed by atoms with E-state index in [-0.39, 0.29) is 29.1 Å². The molecule has 0 radical (unpaired) electrons. The Hall–Kier alpha value is -4.55. The number of nitrogens with one attached hydrogen (secondary N) is 2. The van der Waals surface area contributed by atoms with E-state index in [0.717, 1.165) is 16.7 Å². The number of thiol groups is 1. The Morgan fingerprint density at radius 2 is 1.72 bits per heavy atom. The van der Waals surface area contributed by atoms with Crippen molar-refractivity contribution in [3.8, 4) is 16.9 Å². The summed E-state index contributed by atoms with van der Waals surface area (Å²) in [5, 5.41) is 16.8. The molecule has 1 aliphatic heterocycles. The number of aromatic nitrogens is 1. The largest absolute Gasteiger partial charge is 0.507 e. The fourth-order valence-corrected chi connectivity index (χ4v) is 5.18. The van der Waals surface area contributed by atoms with Crippen LogP contribution in [0.25, 0.3) is 16.0 Å². The molecule has 1 aromatic heterocycles. The predicted octanol–water partition coefficient (Wildman–Crippen LogP) is 6.34. The van der Waals surface area contributed by atoms with Crippen LogP contribution in [0, 0.1) is 6.92 Å². The summed E-state index contributed by atoms with van der Waals surface area (Å²) in [6.45, 7) is 13.4. The molecule has 4 rings (SSSR count). The minimum absolute atomic E-state index is 0.00373. The Balaban J connectivity index is 1.73. The minimum atomic E-state index is -0.685. The first-order valence-corrected chi connectivity index (χ1v) is 15.7. The van der Waals surface area contributed by atoms with E-state index in [1.165, 1.54) is 13.2 Å². The Labute approximate surface area is 280 Å². The molecule has 3 N–H and O–H groups in total. The maximum absolute atomic E-state index is 14.0. The number of phenolic OH excluding ortho intramolecular Hbond substituents is 1. The van der Waals surface area contributed by atoms with Crippen molar-refractivity contribution in [2.75, 3.05) is 43.6 Å². The Bertz CT molecular complexity index is 1700. The SMILES string of the molecule is COC(=O)c1nc(N2CCOCC2)ccc1-c1cc(O)c(C(S)=C(C)C)cc1C(=O)Nc1ccc(CNC(=O)OC(C)(C)C)cc1C. The van der Waals surface area contributed by atoms with Crippen molar-refractivity contribution in [2.24, 2.45) is 0 Å². The van der Waals surface area contributed by atoms with Gasteiger partial charge in [-0.1, -0.05) is 17.7 Å². The van der Waals surface area contributed by atoms with Crippen LogP contribution in [0.2, 0.25) is 0 Å². The van der Waals surface area contributed by atoms with Crippen molar-refractivity contribution in [3.63, 3.8) is 0 Å². The third-order valence-electron chi connectivity index (χ3n) is 7.37. The van der Waals surface area contributed by atoms with Gasteiger partial charge in [0.2, 0.25) is 0 Å². The molecule has 250 valence electrons. The van der Waals surface area contributed by atoms with Crippen LogP contribution in [0.3, 0.4) is 0 Å². The molecular formula is C35H42N4O7S. The molecule has 0 bridgehead atoms. The second-order valence-electron chi connectivity index (χ2n) is 12.4. The van der Waals surface area contributed by atoms with Crippen molar-refractivity contribution in [3.05, 3.63) is 76.0 Å². The van der Waals surface area contributed by atoms with Crippen molar-refractivity contribution in [2.45, 2.75) is 53.7 Å². The van der Waals surface area contributed by atoms with Gasteiger partial charge in [-0.15, -0.1) is 12.6 Å². The maximum Gasteiger partial charge on any atom is 0.407 e. The number of aromatic hydroxyl groups is 1. The molecule has 0 aliphatic carbocycles. The number of anilines is 2. The van der Waals surface area contributed by atoms with E-state index in [2.05, 4.69) is 28.2 Å². The van der Waals surface area contributed by atoms with Gasteiger partial charge in [0.15, 0.2) is 5.69 Å². The highest BCUT2D eigenvalue weighted by atomic mass is 32.1. The fourth-order valence-electron chi connectivity index (χ4n) is 5.00. The number of methoxy groups -OCH3 is 1. The van der Waals surface area contributed by atoms with E-state index in [4.69, 9.17) is 14.2 Å². The van der Waals surface area contributed by atoms with Crippen molar-refractivity contribution in [1.82, 2.24) is 10.3 Å². The number of pyridine rings is 1. The lowest BCUT2D eigenvalue weighted by molar-refractivity contribution is 0.0522. The molecule has 0 spiro atoms. The third kappa shape index (κ3) is 8.83. The zero-order valence-corrected chi connectivity index (χ0v) is 28.7. The zero-order chi connectivity index (χ0) is 34.5. The lowest BCUT2D eigenvalue weighted by Gasteiger charge is -2.28. The predicted molar refractivity (Wildman–Crippen MR) is 185 cm³/mol. The zero-order valence-electron chi connectivity index (χ0n) is 27.8. The molecule has 1 fully saturated rings.